The molecule has 0 aliphatic heterocycles. The summed E-state index contributed by atoms with van der Waals surface area (Å²) in [5.74, 6) is -1.03. The largest absolute Gasteiger partial charge is 0.481 e. The van der Waals surface area contributed by atoms with Crippen LogP contribution in [0.15, 0.2) is 23.0 Å². The van der Waals surface area contributed by atoms with Crippen LogP contribution in [0.25, 0.3) is 0 Å². The molecule has 1 amide bonds. The van der Waals surface area contributed by atoms with E-state index < -0.39 is 11.4 Å². The molecule has 20 heavy (non-hydrogen) atoms. The third-order valence-electron chi connectivity index (χ3n) is 4.08. The normalized spacial score (nSPS) is 18.2. The van der Waals surface area contributed by atoms with E-state index in [9.17, 15) is 14.7 Å². The van der Waals surface area contributed by atoms with Crippen molar-refractivity contribution < 1.29 is 19.1 Å². The number of rotatable bonds is 5. The third-order valence-corrected chi connectivity index (χ3v) is 4.08. The monoisotopic (exact) mass is 279 g/mol. The van der Waals surface area contributed by atoms with E-state index in [1.165, 1.54) is 0 Å². The van der Waals surface area contributed by atoms with Crippen molar-refractivity contribution in [2.45, 2.75) is 51.5 Å². The second-order valence-electron chi connectivity index (χ2n) is 5.58. The Kier molecular flexibility index (Phi) is 4.82. The summed E-state index contributed by atoms with van der Waals surface area (Å²) in [5.41, 5.74) is 0.000329. The van der Waals surface area contributed by atoms with Crippen molar-refractivity contribution >= 4 is 11.9 Å². The zero-order valence-corrected chi connectivity index (χ0v) is 11.6. The van der Waals surface area contributed by atoms with Gasteiger partial charge in [0.05, 0.1) is 17.9 Å². The van der Waals surface area contributed by atoms with Crippen LogP contribution in [0.4, 0.5) is 0 Å². The number of carboxylic acids is 1. The van der Waals surface area contributed by atoms with Gasteiger partial charge in [-0.05, 0) is 18.9 Å². The van der Waals surface area contributed by atoms with Crippen molar-refractivity contribution in [2.75, 3.05) is 0 Å². The molecule has 1 saturated carbocycles. The van der Waals surface area contributed by atoms with Crippen molar-refractivity contribution in [3.05, 3.63) is 24.2 Å². The van der Waals surface area contributed by atoms with Gasteiger partial charge in [0, 0.05) is 18.5 Å². The number of carboxylic acid groups (broad SMARTS) is 1. The molecule has 0 atom stereocenters. The topological polar surface area (TPSA) is 79.5 Å². The average molecular weight is 279 g/mol. The summed E-state index contributed by atoms with van der Waals surface area (Å²) in [6, 6.07) is 1.78. The predicted octanol–water partition coefficient (Wildman–Crippen LogP) is 2.71. The molecule has 5 heteroatoms. The first-order valence-corrected chi connectivity index (χ1v) is 7.14. The van der Waals surface area contributed by atoms with Gasteiger partial charge in [0.2, 0.25) is 5.91 Å². The summed E-state index contributed by atoms with van der Waals surface area (Å²) in [6.45, 7) is 0.380. The Hall–Kier alpha value is -1.78. The highest BCUT2D eigenvalue weighted by molar-refractivity contribution is 5.85. The zero-order valence-electron chi connectivity index (χ0n) is 11.6. The quantitative estimate of drug-likeness (QED) is 0.812. The molecule has 0 bridgehead atoms. The Morgan fingerprint density at radius 1 is 1.25 bits per heavy atom. The van der Waals surface area contributed by atoms with E-state index in [-0.39, 0.29) is 12.3 Å². The first kappa shape index (κ1) is 14.6. The summed E-state index contributed by atoms with van der Waals surface area (Å²) in [4.78, 5) is 23.6. The molecule has 0 unspecified atom stereocenters. The van der Waals surface area contributed by atoms with Crippen molar-refractivity contribution in [2.24, 2.45) is 5.41 Å². The molecule has 0 spiro atoms. The van der Waals surface area contributed by atoms with Gasteiger partial charge in [-0.1, -0.05) is 25.7 Å². The molecule has 1 aromatic rings. The first-order chi connectivity index (χ1) is 9.62. The minimum absolute atomic E-state index is 0.0696. The van der Waals surface area contributed by atoms with Crippen molar-refractivity contribution in [1.82, 2.24) is 5.32 Å². The van der Waals surface area contributed by atoms with Gasteiger partial charge in [0.15, 0.2) is 0 Å². The minimum Gasteiger partial charge on any atom is -0.481 e. The van der Waals surface area contributed by atoms with E-state index in [1.807, 2.05) is 0 Å². The van der Waals surface area contributed by atoms with Crippen LogP contribution in [0.5, 0.6) is 0 Å². The molecule has 5 nitrogen and oxygen atoms in total. The molecule has 1 heterocycles. The molecular formula is C15H21NO4. The molecule has 0 aromatic carbocycles. The summed E-state index contributed by atoms with van der Waals surface area (Å²) in [5, 5.41) is 12.3. The van der Waals surface area contributed by atoms with Gasteiger partial charge in [-0.25, -0.2) is 0 Å². The van der Waals surface area contributed by atoms with Gasteiger partial charge in [0.1, 0.15) is 0 Å². The molecule has 0 radical (unpaired) electrons. The van der Waals surface area contributed by atoms with Crippen LogP contribution in [-0.2, 0) is 16.1 Å². The number of amides is 1. The SMILES string of the molecule is O=C(CC1(C(=O)O)CCCCCC1)NCc1ccoc1. The van der Waals surface area contributed by atoms with Gasteiger partial charge in [0.25, 0.3) is 0 Å². The third kappa shape index (κ3) is 3.62. The second kappa shape index (κ2) is 6.59. The Bertz CT molecular complexity index is 444. The molecule has 2 N–H and O–H groups in total. The highest BCUT2D eigenvalue weighted by Gasteiger charge is 2.40. The fourth-order valence-electron chi connectivity index (χ4n) is 2.84. The molecule has 1 aliphatic carbocycles. The fourth-order valence-corrected chi connectivity index (χ4v) is 2.84. The lowest BCUT2D eigenvalue weighted by atomic mass is 9.77. The van der Waals surface area contributed by atoms with Crippen molar-refractivity contribution in [3.8, 4) is 0 Å². The maximum Gasteiger partial charge on any atom is 0.310 e. The molecule has 1 fully saturated rings. The van der Waals surface area contributed by atoms with Gasteiger partial charge in [-0.3, -0.25) is 9.59 Å². The van der Waals surface area contributed by atoms with Crippen LogP contribution in [0.1, 0.15) is 50.5 Å². The predicted molar refractivity (Wildman–Crippen MR) is 72.9 cm³/mol. The van der Waals surface area contributed by atoms with E-state index >= 15 is 0 Å². The number of carbonyl (C=O) groups excluding carboxylic acids is 1. The molecular weight excluding hydrogens is 258 g/mol. The average Bonchev–Trinajstić information content (AvgIpc) is 2.82. The van der Waals surface area contributed by atoms with Crippen LogP contribution in [0, 0.1) is 5.41 Å². The summed E-state index contributed by atoms with van der Waals surface area (Å²) >= 11 is 0. The van der Waals surface area contributed by atoms with E-state index in [2.05, 4.69) is 5.32 Å². The highest BCUT2D eigenvalue weighted by atomic mass is 16.4. The Morgan fingerprint density at radius 2 is 1.95 bits per heavy atom. The first-order valence-electron chi connectivity index (χ1n) is 7.14. The maximum absolute atomic E-state index is 12.0. The summed E-state index contributed by atoms with van der Waals surface area (Å²) in [7, 11) is 0. The van der Waals surface area contributed by atoms with Gasteiger partial charge in [-0.2, -0.15) is 0 Å². The fraction of sp³-hybridized carbons (Fsp3) is 0.600. The number of nitrogens with one attached hydrogen (secondary N) is 1. The number of carbonyl (C=O) groups is 2. The van der Waals surface area contributed by atoms with E-state index in [4.69, 9.17) is 4.42 Å². The van der Waals surface area contributed by atoms with Gasteiger partial charge < -0.3 is 14.8 Å². The van der Waals surface area contributed by atoms with Crippen LogP contribution in [0.3, 0.4) is 0 Å². The number of aliphatic carboxylic acids is 1. The number of hydrogen-bond acceptors (Lipinski definition) is 3. The Morgan fingerprint density at radius 3 is 2.50 bits per heavy atom. The smallest absolute Gasteiger partial charge is 0.310 e. The molecule has 1 aromatic heterocycles. The Balaban J connectivity index is 1.93. The summed E-state index contributed by atoms with van der Waals surface area (Å²) < 4.78 is 4.93. The van der Waals surface area contributed by atoms with Crippen molar-refractivity contribution in [3.63, 3.8) is 0 Å². The summed E-state index contributed by atoms with van der Waals surface area (Å²) in [6.07, 6.45) is 8.29. The maximum atomic E-state index is 12.0. The molecule has 110 valence electrons. The van der Waals surface area contributed by atoms with Gasteiger partial charge >= 0.3 is 5.97 Å². The van der Waals surface area contributed by atoms with Crippen molar-refractivity contribution in [1.29, 1.82) is 0 Å². The van der Waals surface area contributed by atoms with E-state index in [1.54, 1.807) is 18.6 Å². The lowest BCUT2D eigenvalue weighted by Crippen LogP contribution is -2.37. The number of furan rings is 1. The molecule has 0 saturated heterocycles. The lowest BCUT2D eigenvalue weighted by Gasteiger charge is -2.27. The van der Waals surface area contributed by atoms with Gasteiger partial charge in [-0.15, -0.1) is 0 Å². The number of hydrogen-bond donors (Lipinski definition) is 2. The lowest BCUT2D eigenvalue weighted by molar-refractivity contribution is -0.152. The van der Waals surface area contributed by atoms with Crippen LogP contribution in [0.2, 0.25) is 0 Å². The second-order valence-corrected chi connectivity index (χ2v) is 5.58. The molecule has 2 rings (SSSR count). The zero-order chi connectivity index (χ0) is 14.4. The van der Waals surface area contributed by atoms with Crippen LogP contribution < -0.4 is 5.32 Å². The Labute approximate surface area is 118 Å². The van der Waals surface area contributed by atoms with E-state index in [0.29, 0.717) is 19.4 Å². The minimum atomic E-state index is -0.878. The van der Waals surface area contributed by atoms with Crippen LogP contribution in [-0.4, -0.2) is 17.0 Å². The van der Waals surface area contributed by atoms with Crippen LogP contribution >= 0.6 is 0 Å². The highest BCUT2D eigenvalue weighted by Crippen LogP contribution is 2.38. The molecule has 1 aliphatic rings. The van der Waals surface area contributed by atoms with E-state index in [0.717, 1.165) is 31.2 Å². The standard InChI is InChI=1S/C15H21NO4/c17-13(16-10-12-5-8-20-11-12)9-15(14(18)19)6-3-1-2-4-7-15/h5,8,11H,1-4,6-7,9-10H2,(H,16,17)(H,18,19).